The molecule has 7 aromatic carbocycles. The van der Waals surface area contributed by atoms with E-state index in [1.54, 1.807) is 0 Å². The predicted octanol–water partition coefficient (Wildman–Crippen LogP) is 11.9. The van der Waals surface area contributed by atoms with E-state index in [0.29, 0.717) is 18.2 Å². The molecule has 0 fully saturated rings. The Morgan fingerprint density at radius 1 is 0.471 bits per heavy atom. The van der Waals surface area contributed by atoms with Crippen LogP contribution in [0.2, 0.25) is 0 Å². The second-order valence-corrected chi connectivity index (χ2v) is 12.4. The van der Waals surface area contributed by atoms with Crippen LogP contribution in [0.15, 0.2) is 188 Å². The van der Waals surface area contributed by atoms with Crippen LogP contribution < -0.4 is 0 Å². The summed E-state index contributed by atoms with van der Waals surface area (Å²) in [4.78, 5) is 14.9. The van der Waals surface area contributed by atoms with Gasteiger partial charge in [0.2, 0.25) is 0 Å². The van der Waals surface area contributed by atoms with E-state index in [2.05, 4.69) is 96.6 Å². The Balaban J connectivity index is 1.23. The van der Waals surface area contributed by atoms with Crippen molar-refractivity contribution >= 4 is 62.3 Å². The van der Waals surface area contributed by atoms with E-state index in [0.717, 1.165) is 77.3 Å². The Hall–Kier alpha value is -6.85. The normalized spacial score (nSPS) is 12.3. The van der Waals surface area contributed by atoms with Crippen LogP contribution in [0.5, 0.6) is 0 Å². The Labute approximate surface area is 294 Å². The molecule has 5 heteroatoms. The van der Waals surface area contributed by atoms with E-state index >= 15 is 0 Å². The third-order valence-corrected chi connectivity index (χ3v) is 9.33. The van der Waals surface area contributed by atoms with Crippen molar-refractivity contribution in [2.75, 3.05) is 0 Å². The molecule has 0 atom stereocenters. The summed E-state index contributed by atoms with van der Waals surface area (Å²) in [5.41, 5.74) is 10.3. The number of benzene rings is 7. The molecule has 0 bridgehead atoms. The molecule has 5 nitrogen and oxygen atoms in total. The summed E-state index contributed by atoms with van der Waals surface area (Å²) in [6, 6.07) is 55.5. The Kier molecular flexibility index (Phi) is 7.63. The highest BCUT2D eigenvalue weighted by atomic mass is 16.3. The number of aliphatic imine (C=N–C) groups is 3. The van der Waals surface area contributed by atoms with Crippen LogP contribution >= 0.6 is 0 Å². The molecule has 0 aliphatic heterocycles. The first-order chi connectivity index (χ1) is 25.2. The quantitative estimate of drug-likeness (QED) is 0.132. The van der Waals surface area contributed by atoms with Crippen LogP contribution in [-0.2, 0) is 6.54 Å². The summed E-state index contributed by atoms with van der Waals surface area (Å²) in [6.45, 7) is 4.45. The maximum Gasteiger partial charge on any atom is 0.161 e. The fourth-order valence-corrected chi connectivity index (χ4v) is 6.89. The van der Waals surface area contributed by atoms with E-state index < -0.39 is 0 Å². The highest BCUT2D eigenvalue weighted by molar-refractivity contribution is 6.26. The van der Waals surface area contributed by atoms with Crippen molar-refractivity contribution in [2.45, 2.75) is 6.54 Å². The summed E-state index contributed by atoms with van der Waals surface area (Å²) in [7, 11) is 0. The zero-order valence-electron chi connectivity index (χ0n) is 27.7. The Bertz CT molecular complexity index is 2770. The van der Waals surface area contributed by atoms with E-state index in [1.807, 2.05) is 78.9 Å². The Morgan fingerprint density at radius 2 is 1.06 bits per heavy atom. The van der Waals surface area contributed by atoms with Crippen LogP contribution in [0.3, 0.4) is 0 Å². The molecule has 0 aliphatic rings. The van der Waals surface area contributed by atoms with E-state index in [4.69, 9.17) is 18.8 Å². The van der Waals surface area contributed by atoms with Crippen molar-refractivity contribution in [3.05, 3.63) is 180 Å². The molecule has 0 spiro atoms. The van der Waals surface area contributed by atoms with Gasteiger partial charge in [0, 0.05) is 38.2 Å². The van der Waals surface area contributed by atoms with Crippen LogP contribution in [0.1, 0.15) is 16.7 Å². The van der Waals surface area contributed by atoms with Gasteiger partial charge in [0.1, 0.15) is 22.3 Å². The highest BCUT2D eigenvalue weighted by Crippen LogP contribution is 2.39. The average molecular weight is 658 g/mol. The minimum Gasteiger partial charge on any atom is -0.456 e. The SMILES string of the molecule is C=N/C(=N\C(=N/Cc1ccccc1)c1cccc2oc3ccccc3c12)c1ccc(-c2ccc(-c3ccccc3)cc2)c2oc3ccccc3c12. The molecule has 0 unspecified atom stereocenters. The van der Waals surface area contributed by atoms with Crippen molar-refractivity contribution in [1.29, 1.82) is 0 Å². The van der Waals surface area contributed by atoms with Crippen molar-refractivity contribution in [3.63, 3.8) is 0 Å². The molecule has 242 valence electrons. The second-order valence-electron chi connectivity index (χ2n) is 12.4. The number of hydrogen-bond acceptors (Lipinski definition) is 3. The maximum absolute atomic E-state index is 6.62. The number of para-hydroxylation sites is 2. The standard InChI is InChI=1S/C46H31N3O2/c1-47-45(49-46(48-29-30-13-4-2-5-14-30)37-19-12-22-41-42(37)35-17-8-10-20-39(35)50-41)38-28-27-34(44-43(38)36-18-9-11-21-40(36)51-44)33-25-23-32(24-26-33)31-15-6-3-7-16-31/h2-28H,1,29H2/b48-46-,49-45-. The summed E-state index contributed by atoms with van der Waals surface area (Å²) in [6.07, 6.45) is 0. The first-order valence-electron chi connectivity index (χ1n) is 16.9. The van der Waals surface area contributed by atoms with Gasteiger partial charge in [0.25, 0.3) is 0 Å². The molecule has 9 rings (SSSR count). The number of nitrogens with zero attached hydrogens (tertiary/aromatic N) is 3. The van der Waals surface area contributed by atoms with E-state index in [1.165, 1.54) is 5.56 Å². The molecule has 51 heavy (non-hydrogen) atoms. The topological polar surface area (TPSA) is 63.4 Å². The predicted molar refractivity (Wildman–Crippen MR) is 211 cm³/mol. The molecule has 0 N–H and O–H groups in total. The van der Waals surface area contributed by atoms with Crippen LogP contribution in [0.25, 0.3) is 66.1 Å². The average Bonchev–Trinajstić information content (AvgIpc) is 3.78. The summed E-state index contributed by atoms with van der Waals surface area (Å²) in [5, 5.41) is 3.87. The Morgan fingerprint density at radius 3 is 1.80 bits per heavy atom. The monoisotopic (exact) mass is 657 g/mol. The van der Waals surface area contributed by atoms with Gasteiger partial charge in [0.05, 0.1) is 6.54 Å². The van der Waals surface area contributed by atoms with Gasteiger partial charge in [-0.3, -0.25) is 4.99 Å². The highest BCUT2D eigenvalue weighted by Gasteiger charge is 2.21. The molecule has 0 saturated carbocycles. The summed E-state index contributed by atoms with van der Waals surface area (Å²) < 4.78 is 12.9. The molecule has 0 amide bonds. The summed E-state index contributed by atoms with van der Waals surface area (Å²) >= 11 is 0. The first-order valence-corrected chi connectivity index (χ1v) is 16.9. The molecule has 2 heterocycles. The number of fused-ring (bicyclic) bond motifs is 6. The first kappa shape index (κ1) is 30.2. The smallest absolute Gasteiger partial charge is 0.161 e. The van der Waals surface area contributed by atoms with Gasteiger partial charge in [-0.2, -0.15) is 0 Å². The molecule has 0 saturated heterocycles. The zero-order valence-corrected chi connectivity index (χ0v) is 27.7. The second kappa shape index (κ2) is 12.9. The lowest BCUT2D eigenvalue weighted by Crippen LogP contribution is -2.06. The van der Waals surface area contributed by atoms with Gasteiger partial charge in [0.15, 0.2) is 11.7 Å². The molecular formula is C46H31N3O2. The number of hydrogen-bond donors (Lipinski definition) is 0. The number of furan rings is 2. The minimum atomic E-state index is 0.443. The van der Waals surface area contributed by atoms with Gasteiger partial charge in [-0.15, -0.1) is 0 Å². The number of rotatable bonds is 6. The van der Waals surface area contributed by atoms with Gasteiger partial charge in [-0.05, 0) is 59.3 Å². The van der Waals surface area contributed by atoms with E-state index in [-0.39, 0.29) is 0 Å². The minimum absolute atomic E-state index is 0.443. The van der Waals surface area contributed by atoms with Crippen molar-refractivity contribution in [1.82, 2.24) is 0 Å². The van der Waals surface area contributed by atoms with Crippen LogP contribution in [0.4, 0.5) is 0 Å². The van der Waals surface area contributed by atoms with Gasteiger partial charge < -0.3 is 8.83 Å². The van der Waals surface area contributed by atoms with Crippen molar-refractivity contribution < 1.29 is 8.83 Å². The lowest BCUT2D eigenvalue weighted by molar-refractivity contribution is 0.669. The van der Waals surface area contributed by atoms with Crippen molar-refractivity contribution in [2.24, 2.45) is 15.0 Å². The van der Waals surface area contributed by atoms with Crippen molar-refractivity contribution in [3.8, 4) is 22.3 Å². The molecule has 9 aromatic rings. The summed E-state index contributed by atoms with van der Waals surface area (Å²) in [5.74, 6) is 0.995. The molecule has 2 aromatic heterocycles. The fraction of sp³-hybridized carbons (Fsp3) is 0.0217. The lowest BCUT2D eigenvalue weighted by Gasteiger charge is -2.10. The van der Waals surface area contributed by atoms with Gasteiger partial charge in [-0.1, -0.05) is 133 Å². The maximum atomic E-state index is 6.62. The van der Waals surface area contributed by atoms with E-state index in [9.17, 15) is 0 Å². The van der Waals surface area contributed by atoms with Gasteiger partial charge in [-0.25, -0.2) is 9.98 Å². The largest absolute Gasteiger partial charge is 0.456 e. The lowest BCUT2D eigenvalue weighted by atomic mass is 9.96. The fourth-order valence-electron chi connectivity index (χ4n) is 6.89. The molecule has 0 aliphatic carbocycles. The third-order valence-electron chi connectivity index (χ3n) is 9.33. The third kappa shape index (κ3) is 5.51. The molecule has 0 radical (unpaired) electrons. The zero-order chi connectivity index (χ0) is 34.1. The van der Waals surface area contributed by atoms with Gasteiger partial charge >= 0.3 is 0 Å². The van der Waals surface area contributed by atoms with Crippen LogP contribution in [-0.4, -0.2) is 18.4 Å². The molecular weight excluding hydrogens is 627 g/mol. The van der Waals surface area contributed by atoms with Crippen LogP contribution in [0, 0.1) is 0 Å². The number of amidine groups is 2.